The average Bonchev–Trinajstić information content (AvgIpc) is 3.99. The van der Waals surface area contributed by atoms with Gasteiger partial charge in [-0.05, 0) is 99.6 Å². The fourth-order valence-corrected chi connectivity index (χ4v) is 8.93. The molecule has 4 aliphatic rings. The van der Waals surface area contributed by atoms with E-state index in [1.165, 1.54) is 17.8 Å². The van der Waals surface area contributed by atoms with Gasteiger partial charge < -0.3 is 10.2 Å². The number of fused-ring (bicyclic) bond motifs is 1. The number of H-pyrrole nitrogens is 1. The Kier molecular flexibility index (Phi) is 10.5. The molecule has 5 aromatic rings. The zero-order valence-electron chi connectivity index (χ0n) is 35.2. The van der Waals surface area contributed by atoms with Gasteiger partial charge in [0.15, 0.2) is 5.82 Å². The van der Waals surface area contributed by atoms with Crippen LogP contribution in [-0.2, 0) is 28.1 Å². The van der Waals surface area contributed by atoms with Crippen molar-refractivity contribution in [3.05, 3.63) is 112 Å². The van der Waals surface area contributed by atoms with Crippen LogP contribution in [0.25, 0.3) is 16.8 Å². The molecule has 332 valence electrons. The number of aryl methyl sites for hydroxylation is 1. The second kappa shape index (κ2) is 15.8. The minimum absolute atomic E-state index is 0.00499. The van der Waals surface area contributed by atoms with E-state index in [9.17, 15) is 37.1 Å². The second-order valence-electron chi connectivity index (χ2n) is 17.7. The third-order valence-corrected chi connectivity index (χ3v) is 13.0. The Labute approximate surface area is 364 Å². The van der Waals surface area contributed by atoms with Crippen LogP contribution in [0.3, 0.4) is 0 Å². The maximum atomic E-state index is 15.5. The number of carbonyl (C=O) groups excluding carboxylic acids is 5. The third kappa shape index (κ3) is 7.70. The number of piperidine rings is 2. The predicted molar refractivity (Wildman–Crippen MR) is 223 cm³/mol. The van der Waals surface area contributed by atoms with Gasteiger partial charge in [0.25, 0.3) is 17.7 Å². The van der Waals surface area contributed by atoms with E-state index in [4.69, 9.17) is 0 Å². The van der Waals surface area contributed by atoms with Crippen molar-refractivity contribution in [1.82, 2.24) is 45.4 Å². The molecule has 1 unspecified atom stereocenters. The molecule has 3 fully saturated rings. The van der Waals surface area contributed by atoms with Crippen LogP contribution in [0.5, 0.6) is 0 Å². The number of alkyl halides is 3. The summed E-state index contributed by atoms with van der Waals surface area (Å²) >= 11 is 0. The highest BCUT2D eigenvalue weighted by molar-refractivity contribution is 6.23. The summed E-state index contributed by atoms with van der Waals surface area (Å²) in [6.07, 6.45) is 0.347. The summed E-state index contributed by atoms with van der Waals surface area (Å²) in [6.45, 7) is 7.57. The Morgan fingerprint density at radius 3 is 2.28 bits per heavy atom. The van der Waals surface area contributed by atoms with Gasteiger partial charge in [-0.1, -0.05) is 30.3 Å². The molecule has 3 aromatic carbocycles. The molecule has 4 aliphatic heterocycles. The number of imide groups is 2. The molecule has 64 heavy (non-hydrogen) atoms. The number of hydrogen-bond acceptors (Lipinski definition) is 10. The molecule has 5 amide bonds. The first-order valence-corrected chi connectivity index (χ1v) is 20.9. The fourth-order valence-electron chi connectivity index (χ4n) is 8.93. The molecule has 0 saturated carbocycles. The minimum Gasteiger partial charge on any atom is -0.368 e. The summed E-state index contributed by atoms with van der Waals surface area (Å²) < 4.78 is 57.2. The zero-order valence-corrected chi connectivity index (χ0v) is 35.2. The third-order valence-electron chi connectivity index (χ3n) is 13.0. The predicted octanol–water partition coefficient (Wildman–Crippen LogP) is 5.38. The molecule has 2 aromatic heterocycles. The van der Waals surface area contributed by atoms with Gasteiger partial charge in [0, 0.05) is 37.7 Å². The maximum Gasteiger partial charge on any atom is 0.401 e. The van der Waals surface area contributed by atoms with Gasteiger partial charge in [-0.25, -0.2) is 14.1 Å². The van der Waals surface area contributed by atoms with Crippen LogP contribution < -0.4 is 15.5 Å². The van der Waals surface area contributed by atoms with Crippen LogP contribution in [-0.4, -0.2) is 103 Å². The Balaban J connectivity index is 0.759. The molecule has 6 heterocycles. The highest BCUT2D eigenvalue weighted by atomic mass is 19.4. The van der Waals surface area contributed by atoms with E-state index in [1.54, 1.807) is 10.9 Å². The van der Waals surface area contributed by atoms with Gasteiger partial charge in [0.05, 0.1) is 40.8 Å². The van der Waals surface area contributed by atoms with Gasteiger partial charge >= 0.3 is 6.18 Å². The SMILES string of the molecule is Cc1cc(-c2ccc(CN3CCC4(CC3)CN(c3cc5c(cc3F)C(=O)N(C3CCC(=O)NC3=O)C5=O)C4)cc2)ccc1-n1cc(C(=O)NCc2nc(C(C)(C)C(F)(F)F)n[nH]2)cn1. The van der Waals surface area contributed by atoms with Crippen LogP contribution >= 0.6 is 0 Å². The quantitative estimate of drug-likeness (QED) is 0.122. The molecule has 1 atom stereocenters. The van der Waals surface area contributed by atoms with E-state index in [2.05, 4.69) is 60.1 Å². The smallest absolute Gasteiger partial charge is 0.368 e. The van der Waals surface area contributed by atoms with E-state index in [0.717, 1.165) is 79.7 Å². The summed E-state index contributed by atoms with van der Waals surface area (Å²) in [5.74, 6) is -3.95. The van der Waals surface area contributed by atoms with Crippen molar-refractivity contribution in [2.75, 3.05) is 31.1 Å². The fraction of sp³-hybridized carbons (Fsp3) is 0.378. The van der Waals surface area contributed by atoms with Crippen LogP contribution in [0.15, 0.2) is 67.0 Å². The van der Waals surface area contributed by atoms with Crippen molar-refractivity contribution in [2.45, 2.75) is 77.2 Å². The molecule has 3 N–H and O–H groups in total. The van der Waals surface area contributed by atoms with Gasteiger partial charge in [0.1, 0.15) is 23.1 Å². The number of carbonyl (C=O) groups is 5. The highest BCUT2D eigenvalue weighted by Crippen LogP contribution is 2.45. The number of benzene rings is 3. The zero-order chi connectivity index (χ0) is 45.3. The van der Waals surface area contributed by atoms with E-state index in [1.807, 2.05) is 30.0 Å². The number of nitrogens with one attached hydrogen (secondary N) is 3. The number of hydrogen-bond donors (Lipinski definition) is 3. The molecule has 0 aliphatic carbocycles. The van der Waals surface area contributed by atoms with E-state index in [-0.39, 0.29) is 53.0 Å². The number of aromatic amines is 1. The van der Waals surface area contributed by atoms with Crippen LogP contribution in [0, 0.1) is 18.2 Å². The summed E-state index contributed by atoms with van der Waals surface area (Å²) in [4.78, 5) is 72.5. The number of aromatic nitrogens is 5. The van der Waals surface area contributed by atoms with Crippen molar-refractivity contribution >= 4 is 35.2 Å². The normalized spacial score (nSPS) is 19.0. The lowest BCUT2D eigenvalue weighted by atomic mass is 9.71. The number of rotatable bonds is 10. The van der Waals surface area contributed by atoms with E-state index < -0.39 is 58.8 Å². The second-order valence-corrected chi connectivity index (χ2v) is 17.7. The lowest BCUT2D eigenvalue weighted by molar-refractivity contribution is -0.182. The first kappa shape index (κ1) is 42.5. The van der Waals surface area contributed by atoms with Gasteiger partial charge in [0.2, 0.25) is 11.8 Å². The lowest BCUT2D eigenvalue weighted by Crippen LogP contribution is -2.60. The highest BCUT2D eigenvalue weighted by Gasteiger charge is 2.52. The van der Waals surface area contributed by atoms with Gasteiger partial charge in [-0.15, -0.1) is 0 Å². The van der Waals surface area contributed by atoms with E-state index >= 15 is 4.39 Å². The number of amides is 5. The lowest BCUT2D eigenvalue weighted by Gasteiger charge is -2.55. The standard InChI is InChI=1S/C45H44F4N10O5/c1-25-16-28(8-9-33(25)58-22-29(19-51-58)38(61)50-20-36-52-42(55-54-36)43(2,3)45(47,48)49)27-6-4-26(5-7-27)21-56-14-12-44(13-15-56)23-57(24-44)35-18-31-30(17-32(35)46)40(63)59(41(31)64)34-10-11-37(60)53-39(34)62/h4-9,16-19,22,34H,10-15,20-21,23-24H2,1-3H3,(H,50,61)(H,52,54,55)(H,53,60,62). The van der Waals surface area contributed by atoms with Crippen molar-refractivity contribution in [3.8, 4) is 16.8 Å². The molecule has 0 radical (unpaired) electrons. The number of nitrogens with zero attached hydrogens (tertiary/aromatic N) is 7. The summed E-state index contributed by atoms with van der Waals surface area (Å²) in [7, 11) is 0. The first-order chi connectivity index (χ1) is 30.4. The Morgan fingerprint density at radius 1 is 0.922 bits per heavy atom. The molecular weight excluding hydrogens is 837 g/mol. The van der Waals surface area contributed by atoms with Crippen molar-refractivity contribution in [1.29, 1.82) is 0 Å². The van der Waals surface area contributed by atoms with E-state index in [0.29, 0.717) is 13.1 Å². The largest absolute Gasteiger partial charge is 0.401 e. The summed E-state index contributed by atoms with van der Waals surface area (Å²) in [5.41, 5.74) is 3.19. The molecule has 0 bridgehead atoms. The topological polar surface area (TPSA) is 179 Å². The molecule has 15 nitrogen and oxygen atoms in total. The Bertz CT molecular complexity index is 2710. The number of halogens is 4. The molecule has 1 spiro atoms. The van der Waals surface area contributed by atoms with Crippen LogP contribution in [0.2, 0.25) is 0 Å². The molecule has 19 heteroatoms. The van der Waals surface area contributed by atoms with Crippen molar-refractivity contribution in [2.24, 2.45) is 5.41 Å². The summed E-state index contributed by atoms with van der Waals surface area (Å²) in [5, 5.41) is 15.3. The minimum atomic E-state index is -4.54. The average molecular weight is 881 g/mol. The molecule has 3 saturated heterocycles. The monoisotopic (exact) mass is 880 g/mol. The first-order valence-electron chi connectivity index (χ1n) is 20.9. The Hall–Kier alpha value is -6.76. The van der Waals surface area contributed by atoms with Crippen LogP contribution in [0.4, 0.5) is 23.2 Å². The van der Waals surface area contributed by atoms with Crippen molar-refractivity contribution in [3.63, 3.8) is 0 Å². The van der Waals surface area contributed by atoms with Crippen molar-refractivity contribution < 1.29 is 41.5 Å². The summed E-state index contributed by atoms with van der Waals surface area (Å²) in [6, 6.07) is 15.8. The number of likely N-dealkylation sites (tertiary alicyclic amines) is 1. The number of anilines is 1. The molecular formula is C45H44F4N10O5. The van der Waals surface area contributed by atoms with Crippen LogP contribution in [0.1, 0.15) is 93.4 Å². The molecule has 9 rings (SSSR count). The van der Waals surface area contributed by atoms with Gasteiger partial charge in [-0.3, -0.25) is 44.2 Å². The Morgan fingerprint density at radius 2 is 1.61 bits per heavy atom. The maximum absolute atomic E-state index is 15.5. The van der Waals surface area contributed by atoms with Gasteiger partial charge in [-0.2, -0.15) is 23.4 Å².